The topological polar surface area (TPSA) is 33.5 Å². The fourth-order valence-corrected chi connectivity index (χ4v) is 9.24. The lowest BCUT2D eigenvalue weighted by molar-refractivity contribution is 0.479. The van der Waals surface area contributed by atoms with Gasteiger partial charge in [-0.1, -0.05) is 122 Å². The second kappa shape index (κ2) is 12.8. The molecule has 0 fully saturated rings. The molecule has 8 aromatic rings. The van der Waals surface area contributed by atoms with E-state index < -0.39 is 0 Å². The molecule has 0 unspecified atom stereocenters. The number of fused-ring (bicyclic) bond motifs is 7. The fourth-order valence-electron chi connectivity index (χ4n) is 9.24. The number of anilines is 4. The van der Waals surface area contributed by atoms with E-state index >= 15 is 0 Å². The molecule has 0 amide bonds. The number of aromatic nitrogens is 2. The molecule has 1 aliphatic carbocycles. The highest BCUT2D eigenvalue weighted by atomic mass is 16.5. The molecule has 0 radical (unpaired) electrons. The van der Waals surface area contributed by atoms with Gasteiger partial charge in [0.2, 0.25) is 0 Å². The van der Waals surface area contributed by atoms with Crippen molar-refractivity contribution in [3.63, 3.8) is 0 Å². The number of ether oxygens (including phenoxy) is 1. The van der Waals surface area contributed by atoms with Crippen LogP contribution in [0.5, 0.6) is 11.5 Å². The van der Waals surface area contributed by atoms with Crippen molar-refractivity contribution < 1.29 is 4.74 Å². The molecular weight excluding hydrogens is 709 g/mol. The highest BCUT2D eigenvalue weighted by Crippen LogP contribution is 2.55. The van der Waals surface area contributed by atoms with Crippen LogP contribution < -0.4 is 14.5 Å². The largest absolute Gasteiger partial charge is 0.457 e. The molecule has 0 saturated carbocycles. The summed E-state index contributed by atoms with van der Waals surface area (Å²) in [6.07, 6.45) is 1.93. The Balaban J connectivity index is 1.07. The lowest BCUT2D eigenvalue weighted by Crippen LogP contribution is -2.25. The van der Waals surface area contributed by atoms with Gasteiger partial charge in [0.25, 0.3) is 0 Å². The molecule has 3 heterocycles. The van der Waals surface area contributed by atoms with Gasteiger partial charge in [0.05, 0.1) is 28.1 Å². The second-order valence-corrected chi connectivity index (χ2v) is 18.6. The van der Waals surface area contributed by atoms with Crippen LogP contribution in [0.2, 0.25) is 0 Å². The highest BCUT2D eigenvalue weighted by Gasteiger charge is 2.39. The van der Waals surface area contributed by atoms with E-state index in [1.165, 1.54) is 61.2 Å². The van der Waals surface area contributed by atoms with Crippen LogP contribution in [-0.4, -0.2) is 16.2 Å². The highest BCUT2D eigenvalue weighted by molar-refractivity contribution is 6.09. The number of hydrogen-bond acceptors (Lipinski definition) is 4. The summed E-state index contributed by atoms with van der Waals surface area (Å²) in [5.41, 5.74) is 14.6. The van der Waals surface area contributed by atoms with Crippen molar-refractivity contribution in [2.45, 2.75) is 71.6 Å². The first kappa shape index (κ1) is 36.0. The number of hydrogen-bond donors (Lipinski definition) is 0. The first-order chi connectivity index (χ1) is 27.8. The van der Waals surface area contributed by atoms with Crippen molar-refractivity contribution in [2.75, 3.05) is 16.5 Å². The van der Waals surface area contributed by atoms with Crippen molar-refractivity contribution in [3.8, 4) is 28.4 Å². The van der Waals surface area contributed by atoms with Crippen LogP contribution in [0.3, 0.4) is 0 Å². The molecule has 5 heteroatoms. The van der Waals surface area contributed by atoms with E-state index in [0.29, 0.717) is 6.67 Å². The zero-order valence-electron chi connectivity index (χ0n) is 34.8. The average Bonchev–Trinajstić information content (AvgIpc) is 3.83. The Labute approximate surface area is 342 Å². The number of rotatable bonds is 5. The molecule has 0 spiro atoms. The van der Waals surface area contributed by atoms with Crippen molar-refractivity contribution in [1.29, 1.82) is 0 Å². The van der Waals surface area contributed by atoms with Gasteiger partial charge in [-0.3, -0.25) is 4.57 Å². The smallest absolute Gasteiger partial charge is 0.137 e. The van der Waals surface area contributed by atoms with E-state index in [9.17, 15) is 0 Å². The van der Waals surface area contributed by atoms with Gasteiger partial charge >= 0.3 is 0 Å². The summed E-state index contributed by atoms with van der Waals surface area (Å²) in [6.45, 7) is 18.9. The molecule has 0 bridgehead atoms. The zero-order chi connectivity index (χ0) is 40.1. The van der Waals surface area contributed by atoms with Crippen LogP contribution >= 0.6 is 0 Å². The Hall–Kier alpha value is -6.33. The Morgan fingerprint density at radius 3 is 2.02 bits per heavy atom. The van der Waals surface area contributed by atoms with Gasteiger partial charge in [0, 0.05) is 45.8 Å². The maximum Gasteiger partial charge on any atom is 0.137 e. The maximum atomic E-state index is 6.94. The average molecular weight is 759 g/mol. The third-order valence-corrected chi connectivity index (χ3v) is 12.4. The van der Waals surface area contributed by atoms with Crippen LogP contribution in [0.25, 0.3) is 38.8 Å². The molecule has 2 aromatic heterocycles. The Bertz CT molecular complexity index is 2920. The summed E-state index contributed by atoms with van der Waals surface area (Å²) in [6, 6.07) is 50.7. The molecule has 1 aliphatic heterocycles. The van der Waals surface area contributed by atoms with Crippen LogP contribution in [0.1, 0.15) is 77.6 Å². The molecule has 2 aliphatic rings. The monoisotopic (exact) mass is 758 g/mol. The molecule has 0 N–H and O–H groups in total. The van der Waals surface area contributed by atoms with E-state index in [-0.39, 0.29) is 16.2 Å². The Morgan fingerprint density at radius 1 is 0.552 bits per heavy atom. The molecule has 6 aromatic carbocycles. The first-order valence-corrected chi connectivity index (χ1v) is 20.5. The SMILES string of the molecule is CC(C)(C)c1cc(Oc2ccc3c4ccccc4n(-c4cc(C(C)(C)C)ccn4)c3c2)cc(N2CN(c3cccc4c3-c3ccccc3C4(C)C)c3ccccc32)c1. The lowest BCUT2D eigenvalue weighted by atomic mass is 9.82. The minimum absolute atomic E-state index is 0.00312. The van der Waals surface area contributed by atoms with E-state index in [0.717, 1.165) is 34.0 Å². The fraction of sp³-hybridized carbons (Fsp3) is 0.226. The molecule has 10 rings (SSSR count). The third kappa shape index (κ3) is 5.70. The Morgan fingerprint density at radius 2 is 1.22 bits per heavy atom. The van der Waals surface area contributed by atoms with Gasteiger partial charge in [0.1, 0.15) is 24.0 Å². The Kier molecular flexibility index (Phi) is 7.98. The summed E-state index contributed by atoms with van der Waals surface area (Å²) >= 11 is 0. The number of para-hydroxylation sites is 3. The van der Waals surface area contributed by atoms with Crippen LogP contribution in [0.15, 0.2) is 146 Å². The molecule has 0 atom stereocenters. The summed E-state index contributed by atoms with van der Waals surface area (Å²) < 4.78 is 9.21. The van der Waals surface area contributed by atoms with Gasteiger partial charge in [0.15, 0.2) is 0 Å². The zero-order valence-corrected chi connectivity index (χ0v) is 34.8. The predicted molar refractivity (Wildman–Crippen MR) is 242 cm³/mol. The van der Waals surface area contributed by atoms with Crippen LogP contribution in [0.4, 0.5) is 22.7 Å². The first-order valence-electron chi connectivity index (χ1n) is 20.5. The summed E-state index contributed by atoms with van der Waals surface area (Å²) in [5.74, 6) is 2.50. The normalized spacial score (nSPS) is 14.6. The number of pyridine rings is 1. The summed E-state index contributed by atoms with van der Waals surface area (Å²) in [4.78, 5) is 9.83. The quantitative estimate of drug-likeness (QED) is 0.175. The minimum atomic E-state index is -0.108. The van der Waals surface area contributed by atoms with Gasteiger partial charge in [-0.25, -0.2) is 4.98 Å². The van der Waals surface area contributed by atoms with Crippen molar-refractivity contribution in [1.82, 2.24) is 9.55 Å². The standard InChI is InChI=1S/C53H50N4O/c1-51(2,3)34-26-27-54-49(30-34)57-44-20-12-10-16-39(44)40-25-24-37(32-48(40)57)58-38-29-35(52(4,5)6)28-36(31-38)55-33-56(46-22-14-13-21-45(46)55)47-23-15-19-43-50(47)41-17-9-11-18-42(41)53(43,7)8/h9-32H,33H2,1-8H3. The summed E-state index contributed by atoms with van der Waals surface area (Å²) in [5, 5.41) is 2.36. The summed E-state index contributed by atoms with van der Waals surface area (Å²) in [7, 11) is 0. The van der Waals surface area contributed by atoms with Gasteiger partial charge in [-0.05, 0) is 99.3 Å². The predicted octanol–water partition coefficient (Wildman–Crippen LogP) is 14.1. The lowest BCUT2D eigenvalue weighted by Gasteiger charge is -2.27. The second-order valence-electron chi connectivity index (χ2n) is 18.6. The molecular formula is C53H50N4O. The van der Waals surface area contributed by atoms with E-state index in [4.69, 9.17) is 9.72 Å². The van der Waals surface area contributed by atoms with E-state index in [1.807, 2.05) is 6.20 Å². The molecule has 58 heavy (non-hydrogen) atoms. The molecule has 5 nitrogen and oxygen atoms in total. The van der Waals surface area contributed by atoms with Crippen molar-refractivity contribution in [3.05, 3.63) is 168 Å². The van der Waals surface area contributed by atoms with Gasteiger partial charge in [-0.15, -0.1) is 0 Å². The number of nitrogens with zero attached hydrogens (tertiary/aromatic N) is 4. The van der Waals surface area contributed by atoms with E-state index in [1.54, 1.807) is 0 Å². The minimum Gasteiger partial charge on any atom is -0.457 e. The maximum absolute atomic E-state index is 6.94. The van der Waals surface area contributed by atoms with Gasteiger partial charge < -0.3 is 14.5 Å². The number of benzene rings is 6. The van der Waals surface area contributed by atoms with Crippen LogP contribution in [-0.2, 0) is 16.2 Å². The van der Waals surface area contributed by atoms with Crippen LogP contribution in [0, 0.1) is 0 Å². The van der Waals surface area contributed by atoms with Gasteiger partial charge in [-0.2, -0.15) is 0 Å². The molecule has 0 saturated heterocycles. The molecule has 288 valence electrons. The van der Waals surface area contributed by atoms with Crippen molar-refractivity contribution >= 4 is 44.6 Å². The third-order valence-electron chi connectivity index (χ3n) is 12.4. The van der Waals surface area contributed by atoms with E-state index in [2.05, 4.69) is 209 Å². The van der Waals surface area contributed by atoms with Crippen molar-refractivity contribution in [2.24, 2.45) is 0 Å².